The number of carbonyl (C=O) groups is 1. The lowest BCUT2D eigenvalue weighted by Crippen LogP contribution is -2.26. The van der Waals surface area contributed by atoms with Crippen LogP contribution in [0.5, 0.6) is 5.75 Å². The van der Waals surface area contributed by atoms with Crippen LogP contribution < -0.4 is 10.6 Å². The van der Waals surface area contributed by atoms with Gasteiger partial charge in [0.2, 0.25) is 0 Å². The topological polar surface area (TPSA) is 61.4 Å². The van der Waals surface area contributed by atoms with Crippen LogP contribution in [0, 0.1) is 6.92 Å². The average Bonchev–Trinajstić information content (AvgIpc) is 2.39. The van der Waals surface area contributed by atoms with E-state index >= 15 is 0 Å². The zero-order chi connectivity index (χ0) is 13.7. The molecule has 1 aromatic rings. The standard InChI is InChI=1S/C15H20N2O2/c1-11-2-3-13(14(18)10-11)15(19)17-9-6-12-4-7-16-8-5-12/h2-4,10,16,18H,5-9H2,1H3,(H,17,19). The van der Waals surface area contributed by atoms with Crippen molar-refractivity contribution in [3.63, 3.8) is 0 Å². The minimum atomic E-state index is -0.216. The van der Waals surface area contributed by atoms with E-state index in [4.69, 9.17) is 0 Å². The Balaban J connectivity index is 1.85. The fourth-order valence-electron chi connectivity index (χ4n) is 2.16. The van der Waals surface area contributed by atoms with Gasteiger partial charge in [-0.1, -0.05) is 17.7 Å². The number of benzene rings is 1. The molecule has 19 heavy (non-hydrogen) atoms. The molecule has 0 aliphatic carbocycles. The Morgan fingerprint density at radius 3 is 3.00 bits per heavy atom. The summed E-state index contributed by atoms with van der Waals surface area (Å²) in [6.07, 6.45) is 4.10. The molecule has 1 heterocycles. The largest absolute Gasteiger partial charge is 0.507 e. The van der Waals surface area contributed by atoms with E-state index in [0.29, 0.717) is 12.1 Å². The molecule has 0 fully saturated rings. The van der Waals surface area contributed by atoms with E-state index in [2.05, 4.69) is 16.7 Å². The highest BCUT2D eigenvalue weighted by atomic mass is 16.3. The number of hydrogen-bond acceptors (Lipinski definition) is 3. The average molecular weight is 260 g/mol. The predicted octanol–water partition coefficient (Wildman–Crippen LogP) is 1.74. The molecule has 0 atom stereocenters. The van der Waals surface area contributed by atoms with Crippen LogP contribution >= 0.6 is 0 Å². The minimum Gasteiger partial charge on any atom is -0.507 e. The maximum absolute atomic E-state index is 11.9. The van der Waals surface area contributed by atoms with Crippen LogP contribution in [0.3, 0.4) is 0 Å². The highest BCUT2D eigenvalue weighted by Gasteiger charge is 2.10. The molecule has 1 amide bonds. The van der Waals surface area contributed by atoms with Gasteiger partial charge in [0, 0.05) is 13.1 Å². The van der Waals surface area contributed by atoms with Gasteiger partial charge in [0.25, 0.3) is 5.91 Å². The maximum atomic E-state index is 11.9. The molecule has 1 aliphatic rings. The molecule has 102 valence electrons. The van der Waals surface area contributed by atoms with Gasteiger partial charge in [-0.25, -0.2) is 0 Å². The predicted molar refractivity (Wildman–Crippen MR) is 75.4 cm³/mol. The molecule has 0 aromatic heterocycles. The molecule has 4 heteroatoms. The van der Waals surface area contributed by atoms with Crippen LogP contribution in [-0.2, 0) is 0 Å². The van der Waals surface area contributed by atoms with E-state index < -0.39 is 0 Å². The van der Waals surface area contributed by atoms with Gasteiger partial charge in [-0.2, -0.15) is 0 Å². The van der Waals surface area contributed by atoms with E-state index in [1.165, 1.54) is 5.57 Å². The highest BCUT2D eigenvalue weighted by Crippen LogP contribution is 2.18. The summed E-state index contributed by atoms with van der Waals surface area (Å²) < 4.78 is 0. The van der Waals surface area contributed by atoms with Crippen LogP contribution in [0.1, 0.15) is 28.8 Å². The quantitative estimate of drug-likeness (QED) is 0.723. The number of carbonyl (C=O) groups excluding carboxylic acids is 1. The van der Waals surface area contributed by atoms with Crippen molar-refractivity contribution >= 4 is 5.91 Å². The summed E-state index contributed by atoms with van der Waals surface area (Å²) in [6.45, 7) is 4.42. The van der Waals surface area contributed by atoms with Crippen molar-refractivity contribution in [2.24, 2.45) is 0 Å². The number of aromatic hydroxyl groups is 1. The second-order valence-electron chi connectivity index (χ2n) is 4.84. The summed E-state index contributed by atoms with van der Waals surface area (Å²) in [5, 5.41) is 15.8. The first-order valence-electron chi connectivity index (χ1n) is 6.63. The van der Waals surface area contributed by atoms with Crippen molar-refractivity contribution in [2.75, 3.05) is 19.6 Å². The molecule has 0 saturated heterocycles. The fourth-order valence-corrected chi connectivity index (χ4v) is 2.16. The number of aryl methyl sites for hydroxylation is 1. The molecule has 0 saturated carbocycles. The first-order valence-corrected chi connectivity index (χ1v) is 6.63. The van der Waals surface area contributed by atoms with Gasteiger partial charge in [-0.05, 0) is 44.0 Å². The van der Waals surface area contributed by atoms with Gasteiger partial charge in [-0.3, -0.25) is 4.79 Å². The SMILES string of the molecule is Cc1ccc(C(=O)NCCC2=CCNCC2)c(O)c1. The number of hydrogen-bond donors (Lipinski definition) is 3. The Morgan fingerprint density at radius 2 is 2.32 bits per heavy atom. The van der Waals surface area contributed by atoms with Crippen molar-refractivity contribution in [3.8, 4) is 5.75 Å². The van der Waals surface area contributed by atoms with E-state index in [1.54, 1.807) is 12.1 Å². The van der Waals surface area contributed by atoms with Crippen molar-refractivity contribution < 1.29 is 9.90 Å². The van der Waals surface area contributed by atoms with Gasteiger partial charge < -0.3 is 15.7 Å². The van der Waals surface area contributed by atoms with Gasteiger partial charge in [-0.15, -0.1) is 0 Å². The third kappa shape index (κ3) is 3.83. The van der Waals surface area contributed by atoms with E-state index in [9.17, 15) is 9.90 Å². The molecular formula is C15H20N2O2. The summed E-state index contributed by atoms with van der Waals surface area (Å²) in [5.41, 5.74) is 2.66. The Bertz CT molecular complexity index is 495. The zero-order valence-corrected chi connectivity index (χ0v) is 11.2. The molecule has 0 spiro atoms. The summed E-state index contributed by atoms with van der Waals surface area (Å²) in [5.74, 6) is -0.175. The highest BCUT2D eigenvalue weighted by molar-refractivity contribution is 5.96. The first kappa shape index (κ1) is 13.6. The summed E-state index contributed by atoms with van der Waals surface area (Å²) >= 11 is 0. The number of nitrogens with one attached hydrogen (secondary N) is 2. The number of amides is 1. The van der Waals surface area contributed by atoms with Gasteiger partial charge in [0.05, 0.1) is 5.56 Å². The second kappa shape index (κ2) is 6.38. The van der Waals surface area contributed by atoms with Gasteiger partial charge in [0.15, 0.2) is 0 Å². The van der Waals surface area contributed by atoms with Crippen LogP contribution in [0.15, 0.2) is 29.8 Å². The van der Waals surface area contributed by atoms with E-state index in [-0.39, 0.29) is 11.7 Å². The summed E-state index contributed by atoms with van der Waals surface area (Å²) in [7, 11) is 0. The minimum absolute atomic E-state index is 0.0404. The van der Waals surface area contributed by atoms with Crippen molar-refractivity contribution in [2.45, 2.75) is 19.8 Å². The molecule has 2 rings (SSSR count). The van der Waals surface area contributed by atoms with Crippen LogP contribution in [0.2, 0.25) is 0 Å². The zero-order valence-electron chi connectivity index (χ0n) is 11.2. The Kier molecular flexibility index (Phi) is 4.58. The Hall–Kier alpha value is -1.81. The van der Waals surface area contributed by atoms with Gasteiger partial charge >= 0.3 is 0 Å². The number of phenols is 1. The van der Waals surface area contributed by atoms with Gasteiger partial charge in [0.1, 0.15) is 5.75 Å². The smallest absolute Gasteiger partial charge is 0.255 e. The molecule has 3 N–H and O–H groups in total. The normalized spacial score (nSPS) is 14.9. The summed E-state index contributed by atoms with van der Waals surface area (Å²) in [6, 6.07) is 5.08. The van der Waals surface area contributed by atoms with Crippen LogP contribution in [-0.4, -0.2) is 30.6 Å². The number of phenolic OH excluding ortho intramolecular Hbond substituents is 1. The fraction of sp³-hybridized carbons (Fsp3) is 0.400. The third-order valence-electron chi connectivity index (χ3n) is 3.29. The second-order valence-corrected chi connectivity index (χ2v) is 4.84. The maximum Gasteiger partial charge on any atom is 0.255 e. The molecule has 0 unspecified atom stereocenters. The van der Waals surface area contributed by atoms with Crippen molar-refractivity contribution in [1.82, 2.24) is 10.6 Å². The molecule has 1 aromatic carbocycles. The lowest BCUT2D eigenvalue weighted by molar-refractivity contribution is 0.0951. The Morgan fingerprint density at radius 1 is 1.47 bits per heavy atom. The van der Waals surface area contributed by atoms with Crippen LogP contribution in [0.25, 0.3) is 0 Å². The Labute approximate surface area is 113 Å². The third-order valence-corrected chi connectivity index (χ3v) is 3.29. The van der Waals surface area contributed by atoms with Crippen molar-refractivity contribution in [1.29, 1.82) is 0 Å². The molecule has 1 aliphatic heterocycles. The lowest BCUT2D eigenvalue weighted by Gasteiger charge is -2.14. The van der Waals surface area contributed by atoms with Crippen molar-refractivity contribution in [3.05, 3.63) is 41.0 Å². The molecule has 4 nitrogen and oxygen atoms in total. The first-order chi connectivity index (χ1) is 9.16. The van der Waals surface area contributed by atoms with E-state index in [0.717, 1.165) is 31.5 Å². The summed E-state index contributed by atoms with van der Waals surface area (Å²) in [4.78, 5) is 11.9. The lowest BCUT2D eigenvalue weighted by atomic mass is 10.1. The number of rotatable bonds is 4. The monoisotopic (exact) mass is 260 g/mol. The molecule has 0 radical (unpaired) electrons. The molecular weight excluding hydrogens is 240 g/mol. The van der Waals surface area contributed by atoms with E-state index in [1.807, 2.05) is 13.0 Å². The van der Waals surface area contributed by atoms with Crippen LogP contribution in [0.4, 0.5) is 0 Å². The molecule has 0 bridgehead atoms.